The number of piperidine rings is 2. The molecule has 5 heteroatoms. The van der Waals surface area contributed by atoms with Crippen LogP contribution in [0, 0.1) is 0 Å². The van der Waals surface area contributed by atoms with Gasteiger partial charge in [0.2, 0.25) is 0 Å². The second kappa shape index (κ2) is 5.84. The van der Waals surface area contributed by atoms with E-state index in [0.717, 1.165) is 25.8 Å². The zero-order chi connectivity index (χ0) is 14.0. The van der Waals surface area contributed by atoms with Gasteiger partial charge in [0.15, 0.2) is 6.23 Å². The summed E-state index contributed by atoms with van der Waals surface area (Å²) in [5, 5.41) is 5.41. The Morgan fingerprint density at radius 3 is 2.90 bits per heavy atom. The Morgan fingerprint density at radius 2 is 2.25 bits per heavy atom. The van der Waals surface area contributed by atoms with Crippen molar-refractivity contribution in [2.45, 2.75) is 69.9 Å². The van der Waals surface area contributed by atoms with Crippen molar-refractivity contribution in [1.82, 2.24) is 10.4 Å². The van der Waals surface area contributed by atoms with E-state index in [1.807, 2.05) is 17.5 Å². The molecule has 1 saturated carbocycles. The molecule has 2 unspecified atom stereocenters. The Labute approximate surface area is 121 Å². The van der Waals surface area contributed by atoms with Gasteiger partial charge in [-0.25, -0.2) is 5.06 Å². The van der Waals surface area contributed by atoms with Crippen molar-refractivity contribution in [2.24, 2.45) is 4.99 Å². The van der Waals surface area contributed by atoms with Crippen molar-refractivity contribution in [3.8, 4) is 0 Å². The van der Waals surface area contributed by atoms with Gasteiger partial charge in [0.1, 0.15) is 5.60 Å². The maximum Gasteiger partial charge on any atom is 0.189 e. The minimum absolute atomic E-state index is 0.0681. The first-order valence-corrected chi connectivity index (χ1v) is 7.77. The molecule has 3 aliphatic heterocycles. The fraction of sp³-hybridized carbons (Fsp3) is 0.800. The summed E-state index contributed by atoms with van der Waals surface area (Å²) < 4.78 is 5.98. The van der Waals surface area contributed by atoms with Crippen LogP contribution in [0.4, 0.5) is 0 Å². The Kier molecular flexibility index (Phi) is 4.10. The first-order chi connectivity index (χ1) is 9.71. The predicted octanol–water partition coefficient (Wildman–Crippen LogP) is 2.20. The Balaban J connectivity index is 1.65. The predicted molar refractivity (Wildman–Crippen MR) is 78.2 cm³/mol. The summed E-state index contributed by atoms with van der Waals surface area (Å²) >= 11 is 0. The van der Waals surface area contributed by atoms with E-state index in [1.165, 1.54) is 12.8 Å². The fourth-order valence-electron chi connectivity index (χ4n) is 3.09. The topological polar surface area (TPSA) is 46.1 Å². The number of aliphatic imine (C=N–C) groups is 1. The third kappa shape index (κ3) is 2.90. The van der Waals surface area contributed by atoms with E-state index in [4.69, 9.17) is 9.57 Å². The molecule has 2 bridgehead atoms. The SMILES string of the molecule is CCC(C)OC1C=NC=CN1OC12CCC(CC1)NC2. The zero-order valence-corrected chi connectivity index (χ0v) is 12.4. The lowest BCUT2D eigenvalue weighted by Crippen LogP contribution is -2.59. The summed E-state index contributed by atoms with van der Waals surface area (Å²) in [6.45, 7) is 5.14. The van der Waals surface area contributed by atoms with E-state index in [-0.39, 0.29) is 17.9 Å². The molecule has 0 aromatic carbocycles. The summed E-state index contributed by atoms with van der Waals surface area (Å²) in [4.78, 5) is 10.5. The smallest absolute Gasteiger partial charge is 0.189 e. The highest BCUT2D eigenvalue weighted by Crippen LogP contribution is 2.37. The summed E-state index contributed by atoms with van der Waals surface area (Å²) in [5.74, 6) is 0. The quantitative estimate of drug-likeness (QED) is 0.838. The minimum atomic E-state index is -0.219. The van der Waals surface area contributed by atoms with Crippen molar-refractivity contribution < 1.29 is 9.57 Å². The Bertz CT molecular complexity index is 375. The third-order valence-corrected chi connectivity index (χ3v) is 4.62. The van der Waals surface area contributed by atoms with E-state index in [0.29, 0.717) is 6.04 Å². The van der Waals surface area contributed by atoms with Gasteiger partial charge in [0.05, 0.1) is 12.3 Å². The van der Waals surface area contributed by atoms with E-state index in [1.54, 1.807) is 6.20 Å². The first kappa shape index (κ1) is 14.0. The maximum atomic E-state index is 6.33. The number of hydrogen-bond acceptors (Lipinski definition) is 5. The summed E-state index contributed by atoms with van der Waals surface area (Å²) in [5.41, 5.74) is -0.0681. The Hall–Kier alpha value is -0.910. The van der Waals surface area contributed by atoms with Crippen LogP contribution in [0.2, 0.25) is 0 Å². The summed E-state index contributed by atoms with van der Waals surface area (Å²) in [6, 6.07) is 0.700. The molecule has 0 spiro atoms. The van der Waals surface area contributed by atoms with Crippen molar-refractivity contribution in [1.29, 1.82) is 0 Å². The van der Waals surface area contributed by atoms with E-state index < -0.39 is 0 Å². The molecule has 1 aliphatic carbocycles. The molecule has 112 valence electrons. The van der Waals surface area contributed by atoms with Gasteiger partial charge < -0.3 is 10.1 Å². The van der Waals surface area contributed by atoms with Crippen molar-refractivity contribution in [3.63, 3.8) is 0 Å². The molecule has 4 aliphatic rings. The van der Waals surface area contributed by atoms with E-state index in [2.05, 4.69) is 24.2 Å². The van der Waals surface area contributed by atoms with Gasteiger partial charge in [0.25, 0.3) is 0 Å². The number of hydrogen-bond donors (Lipinski definition) is 1. The van der Waals surface area contributed by atoms with Gasteiger partial charge >= 0.3 is 0 Å². The lowest BCUT2D eigenvalue weighted by molar-refractivity contribution is -0.286. The summed E-state index contributed by atoms with van der Waals surface area (Å²) in [7, 11) is 0. The molecule has 1 N–H and O–H groups in total. The van der Waals surface area contributed by atoms with E-state index in [9.17, 15) is 0 Å². The number of fused-ring (bicyclic) bond motifs is 3. The zero-order valence-electron chi connectivity index (χ0n) is 12.4. The molecule has 2 atom stereocenters. The highest BCUT2D eigenvalue weighted by Gasteiger charge is 2.43. The second-order valence-electron chi connectivity index (χ2n) is 6.13. The lowest BCUT2D eigenvalue weighted by atomic mass is 9.78. The van der Waals surface area contributed by atoms with Crippen LogP contribution in [-0.2, 0) is 9.57 Å². The van der Waals surface area contributed by atoms with E-state index >= 15 is 0 Å². The van der Waals surface area contributed by atoms with Gasteiger partial charge in [-0.05, 0) is 39.0 Å². The standard InChI is InChI=1S/C15H25N3O2/c1-3-12(2)19-14-10-16-8-9-18(14)20-15-6-4-13(5-7-15)17-11-15/h8-10,12-14,17H,3-7,11H2,1-2H3. The molecule has 0 aromatic heterocycles. The monoisotopic (exact) mass is 279 g/mol. The van der Waals surface area contributed by atoms with Crippen molar-refractivity contribution in [2.75, 3.05) is 6.54 Å². The number of ether oxygens (including phenoxy) is 1. The molecule has 20 heavy (non-hydrogen) atoms. The number of nitrogens with one attached hydrogen (secondary N) is 1. The fourth-order valence-corrected chi connectivity index (χ4v) is 3.09. The molecule has 4 rings (SSSR count). The van der Waals surface area contributed by atoms with Crippen LogP contribution in [-0.4, -0.2) is 41.8 Å². The molecule has 0 radical (unpaired) electrons. The third-order valence-electron chi connectivity index (χ3n) is 4.62. The van der Waals surface area contributed by atoms with Gasteiger partial charge in [-0.1, -0.05) is 6.92 Å². The average Bonchev–Trinajstić information content (AvgIpc) is 2.50. The molecule has 3 fully saturated rings. The average molecular weight is 279 g/mol. The normalized spacial score (nSPS) is 37.4. The molecule has 0 aromatic rings. The summed E-state index contributed by atoms with van der Waals surface area (Å²) in [6.07, 6.45) is 11.1. The largest absolute Gasteiger partial charge is 0.348 e. The minimum Gasteiger partial charge on any atom is -0.348 e. The highest BCUT2D eigenvalue weighted by molar-refractivity contribution is 5.64. The highest BCUT2D eigenvalue weighted by atomic mass is 16.7. The second-order valence-corrected chi connectivity index (χ2v) is 6.13. The number of hydroxylamine groups is 2. The van der Waals surface area contributed by atoms with Crippen LogP contribution < -0.4 is 5.32 Å². The van der Waals surface area contributed by atoms with Crippen molar-refractivity contribution in [3.05, 3.63) is 12.4 Å². The van der Waals surface area contributed by atoms with Crippen LogP contribution in [0.25, 0.3) is 0 Å². The molecule has 0 amide bonds. The van der Waals surface area contributed by atoms with Crippen LogP contribution >= 0.6 is 0 Å². The van der Waals surface area contributed by atoms with Gasteiger partial charge in [-0.3, -0.25) is 9.83 Å². The van der Waals surface area contributed by atoms with Crippen LogP contribution in [0.1, 0.15) is 46.0 Å². The van der Waals surface area contributed by atoms with Crippen LogP contribution in [0.15, 0.2) is 17.4 Å². The van der Waals surface area contributed by atoms with Crippen LogP contribution in [0.3, 0.4) is 0 Å². The van der Waals surface area contributed by atoms with Gasteiger partial charge in [-0.15, -0.1) is 0 Å². The number of rotatable bonds is 5. The van der Waals surface area contributed by atoms with Crippen LogP contribution in [0.5, 0.6) is 0 Å². The Morgan fingerprint density at radius 1 is 1.45 bits per heavy atom. The molecule has 5 nitrogen and oxygen atoms in total. The number of nitrogens with zero attached hydrogens (tertiary/aromatic N) is 2. The van der Waals surface area contributed by atoms with Gasteiger partial charge in [-0.2, -0.15) is 0 Å². The molecular weight excluding hydrogens is 254 g/mol. The molecule has 2 saturated heterocycles. The first-order valence-electron chi connectivity index (χ1n) is 7.77. The van der Waals surface area contributed by atoms with Gasteiger partial charge in [0, 0.05) is 25.0 Å². The van der Waals surface area contributed by atoms with Crippen molar-refractivity contribution >= 4 is 6.21 Å². The molecule has 3 heterocycles. The maximum absolute atomic E-state index is 6.33. The lowest BCUT2D eigenvalue weighted by Gasteiger charge is -2.48. The molecular formula is C15H25N3O2.